The number of hydrogen-bond donors (Lipinski definition) is 0. The molecule has 0 spiro atoms. The van der Waals surface area contributed by atoms with Crippen LogP contribution in [0.3, 0.4) is 0 Å². The number of sulfone groups is 1. The van der Waals surface area contributed by atoms with Gasteiger partial charge in [0, 0.05) is 11.7 Å². The molecule has 3 rings (SSSR count). The summed E-state index contributed by atoms with van der Waals surface area (Å²) < 4.78 is 28.2. The van der Waals surface area contributed by atoms with Gasteiger partial charge in [0.05, 0.1) is 11.4 Å². The minimum absolute atomic E-state index is 0.0162. The molecule has 1 fully saturated rings. The van der Waals surface area contributed by atoms with Crippen LogP contribution < -0.4 is 0 Å². The van der Waals surface area contributed by atoms with Crippen LogP contribution in [0, 0.1) is 20.8 Å². The van der Waals surface area contributed by atoms with Crippen LogP contribution in [0.5, 0.6) is 0 Å². The number of rotatable bonds is 4. The van der Waals surface area contributed by atoms with E-state index in [0.717, 1.165) is 35.4 Å². The molecule has 0 bridgehead atoms. The van der Waals surface area contributed by atoms with Crippen molar-refractivity contribution in [3.05, 3.63) is 46.8 Å². The number of aryl methyl sites for hydroxylation is 2. The van der Waals surface area contributed by atoms with E-state index in [4.69, 9.17) is 0 Å². The highest BCUT2D eigenvalue weighted by atomic mass is 32.2. The molecule has 0 atom stereocenters. The average Bonchev–Trinajstić information content (AvgIpc) is 2.87. The van der Waals surface area contributed by atoms with Crippen LogP contribution in [0.1, 0.15) is 60.7 Å². The van der Waals surface area contributed by atoms with Gasteiger partial charge in [-0.25, -0.2) is 13.4 Å². The third kappa shape index (κ3) is 3.27. The second kappa shape index (κ2) is 6.71. The zero-order valence-electron chi connectivity index (χ0n) is 14.7. The van der Waals surface area contributed by atoms with Crippen molar-refractivity contribution in [3.8, 4) is 0 Å². The van der Waals surface area contributed by atoms with Crippen LogP contribution >= 0.6 is 0 Å². The van der Waals surface area contributed by atoms with Crippen molar-refractivity contribution in [2.75, 3.05) is 0 Å². The number of hydrogen-bond acceptors (Lipinski definition) is 3. The summed E-state index contributed by atoms with van der Waals surface area (Å²) in [5.74, 6) is 0.0162. The van der Waals surface area contributed by atoms with Crippen LogP contribution in [0.15, 0.2) is 29.4 Å². The van der Waals surface area contributed by atoms with Crippen molar-refractivity contribution in [1.82, 2.24) is 9.55 Å². The van der Waals surface area contributed by atoms with E-state index in [2.05, 4.69) is 4.98 Å². The number of imidazole rings is 1. The van der Waals surface area contributed by atoms with Gasteiger partial charge >= 0.3 is 0 Å². The van der Waals surface area contributed by atoms with Gasteiger partial charge in [-0.3, -0.25) is 0 Å². The van der Waals surface area contributed by atoms with E-state index in [1.807, 2.05) is 49.6 Å². The Bertz CT molecular complexity index is 831. The van der Waals surface area contributed by atoms with E-state index in [9.17, 15) is 8.42 Å². The summed E-state index contributed by atoms with van der Waals surface area (Å²) in [6.45, 7) is 5.85. The Kier molecular flexibility index (Phi) is 4.81. The SMILES string of the molecule is Cc1ccccc1CS(=O)(=O)c1nc(C)c(C)n1C1CCCCC1. The first-order valence-electron chi connectivity index (χ1n) is 8.73. The number of benzene rings is 1. The van der Waals surface area contributed by atoms with E-state index >= 15 is 0 Å². The van der Waals surface area contributed by atoms with Crippen molar-refractivity contribution < 1.29 is 8.42 Å². The van der Waals surface area contributed by atoms with Gasteiger partial charge in [0.2, 0.25) is 15.0 Å². The molecule has 1 aromatic carbocycles. The van der Waals surface area contributed by atoms with Crippen molar-refractivity contribution in [3.63, 3.8) is 0 Å². The molecule has 0 N–H and O–H groups in total. The molecule has 0 aliphatic heterocycles. The van der Waals surface area contributed by atoms with Gasteiger partial charge in [0.15, 0.2) is 0 Å². The molecule has 24 heavy (non-hydrogen) atoms. The maximum Gasteiger partial charge on any atom is 0.228 e. The van der Waals surface area contributed by atoms with Gasteiger partial charge in [0.1, 0.15) is 0 Å². The molecule has 0 amide bonds. The van der Waals surface area contributed by atoms with E-state index < -0.39 is 9.84 Å². The third-order valence-corrected chi connectivity index (χ3v) is 6.71. The number of nitrogens with zero attached hydrogens (tertiary/aromatic N) is 2. The molecule has 1 heterocycles. The monoisotopic (exact) mass is 346 g/mol. The summed E-state index contributed by atoms with van der Waals surface area (Å²) in [7, 11) is -3.47. The van der Waals surface area contributed by atoms with Crippen molar-refractivity contribution in [1.29, 1.82) is 0 Å². The van der Waals surface area contributed by atoms with Crippen molar-refractivity contribution in [2.24, 2.45) is 0 Å². The molecular formula is C19H26N2O2S. The van der Waals surface area contributed by atoms with E-state index in [-0.39, 0.29) is 17.0 Å². The Hall–Kier alpha value is -1.62. The Morgan fingerprint density at radius 2 is 1.75 bits per heavy atom. The van der Waals surface area contributed by atoms with E-state index in [1.165, 1.54) is 19.3 Å². The normalized spacial score (nSPS) is 16.5. The maximum absolute atomic E-state index is 13.1. The van der Waals surface area contributed by atoms with Gasteiger partial charge in [-0.05, 0) is 44.7 Å². The van der Waals surface area contributed by atoms with Crippen LogP contribution in [-0.2, 0) is 15.6 Å². The lowest BCUT2D eigenvalue weighted by Crippen LogP contribution is -2.20. The lowest BCUT2D eigenvalue weighted by atomic mass is 9.95. The standard InChI is InChI=1S/C19H26N2O2S/c1-14-9-7-8-10-17(14)13-24(22,23)19-20-15(2)16(3)21(19)18-11-5-4-6-12-18/h7-10,18H,4-6,11-13H2,1-3H3. The van der Waals surface area contributed by atoms with Gasteiger partial charge in [-0.2, -0.15) is 0 Å². The molecule has 4 nitrogen and oxygen atoms in total. The van der Waals surface area contributed by atoms with E-state index in [0.29, 0.717) is 0 Å². The topological polar surface area (TPSA) is 52.0 Å². The van der Waals surface area contributed by atoms with Crippen LogP contribution in [0.4, 0.5) is 0 Å². The second-order valence-electron chi connectivity index (χ2n) is 6.91. The molecule has 0 radical (unpaired) electrons. The first-order chi connectivity index (χ1) is 11.4. The summed E-state index contributed by atoms with van der Waals surface area (Å²) in [6.07, 6.45) is 5.67. The molecular weight excluding hydrogens is 320 g/mol. The summed E-state index contributed by atoms with van der Waals surface area (Å²) in [4.78, 5) is 4.46. The fourth-order valence-electron chi connectivity index (χ4n) is 3.63. The summed E-state index contributed by atoms with van der Waals surface area (Å²) >= 11 is 0. The first-order valence-corrected chi connectivity index (χ1v) is 10.4. The maximum atomic E-state index is 13.1. The highest BCUT2D eigenvalue weighted by molar-refractivity contribution is 7.90. The molecule has 1 aromatic heterocycles. The Balaban J connectivity index is 2.01. The highest BCUT2D eigenvalue weighted by Crippen LogP contribution is 2.33. The number of aromatic nitrogens is 2. The van der Waals surface area contributed by atoms with Crippen molar-refractivity contribution in [2.45, 2.75) is 69.8 Å². The quantitative estimate of drug-likeness (QED) is 0.830. The zero-order valence-corrected chi connectivity index (χ0v) is 15.6. The second-order valence-corrected chi connectivity index (χ2v) is 8.80. The molecule has 1 saturated carbocycles. The summed E-state index contributed by atoms with van der Waals surface area (Å²) in [5, 5.41) is 0.257. The van der Waals surface area contributed by atoms with Gasteiger partial charge in [-0.1, -0.05) is 43.5 Å². The van der Waals surface area contributed by atoms with Crippen molar-refractivity contribution >= 4 is 9.84 Å². The fraction of sp³-hybridized carbons (Fsp3) is 0.526. The van der Waals surface area contributed by atoms with E-state index in [1.54, 1.807) is 0 Å². The lowest BCUT2D eigenvalue weighted by Gasteiger charge is -2.26. The highest BCUT2D eigenvalue weighted by Gasteiger charge is 2.29. The lowest BCUT2D eigenvalue weighted by molar-refractivity contribution is 0.329. The zero-order chi connectivity index (χ0) is 17.3. The molecule has 1 aliphatic carbocycles. The molecule has 130 valence electrons. The molecule has 0 saturated heterocycles. The fourth-order valence-corrected chi connectivity index (χ4v) is 5.35. The minimum Gasteiger partial charge on any atom is -0.316 e. The molecule has 0 unspecified atom stereocenters. The van der Waals surface area contributed by atoms with Crippen LogP contribution in [0.25, 0.3) is 0 Å². The predicted octanol–water partition coefficient (Wildman–Crippen LogP) is 4.29. The summed E-state index contributed by atoms with van der Waals surface area (Å²) in [6, 6.07) is 7.93. The molecule has 5 heteroatoms. The Morgan fingerprint density at radius 3 is 2.42 bits per heavy atom. The molecule has 1 aliphatic rings. The molecule has 2 aromatic rings. The average molecular weight is 346 g/mol. The summed E-state index contributed by atoms with van der Waals surface area (Å²) in [5.41, 5.74) is 3.67. The minimum atomic E-state index is -3.47. The van der Waals surface area contributed by atoms with Crippen LogP contribution in [0.2, 0.25) is 0 Å². The smallest absolute Gasteiger partial charge is 0.228 e. The Labute approximate surface area is 144 Å². The Morgan fingerprint density at radius 1 is 1.08 bits per heavy atom. The largest absolute Gasteiger partial charge is 0.316 e. The van der Waals surface area contributed by atoms with Gasteiger partial charge in [-0.15, -0.1) is 0 Å². The van der Waals surface area contributed by atoms with Gasteiger partial charge in [0.25, 0.3) is 0 Å². The first kappa shape index (κ1) is 17.2. The third-order valence-electron chi connectivity index (χ3n) is 5.18. The predicted molar refractivity (Wildman–Crippen MR) is 95.9 cm³/mol. The van der Waals surface area contributed by atoms with Gasteiger partial charge < -0.3 is 4.57 Å². The van der Waals surface area contributed by atoms with Crippen LogP contribution in [-0.4, -0.2) is 18.0 Å².